The van der Waals surface area contributed by atoms with Crippen molar-refractivity contribution in [1.29, 1.82) is 0 Å². The molecule has 0 saturated carbocycles. The maximum absolute atomic E-state index is 2.41. The maximum atomic E-state index is 2.41. The van der Waals surface area contributed by atoms with Gasteiger partial charge in [-0.3, -0.25) is 0 Å². The van der Waals surface area contributed by atoms with Crippen LogP contribution in [0, 0.1) is 0 Å². The Kier molecular flexibility index (Phi) is 4.90. The summed E-state index contributed by atoms with van der Waals surface area (Å²) in [6.45, 7) is 0. The summed E-state index contributed by atoms with van der Waals surface area (Å²) in [5.41, 5.74) is 2.97. The van der Waals surface area contributed by atoms with Crippen molar-refractivity contribution >= 4 is 0 Å². The van der Waals surface area contributed by atoms with Crippen LogP contribution in [0.4, 0.5) is 0 Å². The molecule has 2 aliphatic carbocycles. The third kappa shape index (κ3) is 3.24. The van der Waals surface area contributed by atoms with Gasteiger partial charge in [-0.1, -0.05) is 0 Å². The van der Waals surface area contributed by atoms with E-state index in [0.717, 1.165) is 12.8 Å². The van der Waals surface area contributed by atoms with Crippen LogP contribution in [-0.2, 0) is 21.8 Å². The molecule has 0 fully saturated rings. The van der Waals surface area contributed by atoms with E-state index in [-0.39, 0.29) is 0 Å². The molecular formula is C23H21Zr. The van der Waals surface area contributed by atoms with E-state index < -0.39 is 21.8 Å². The zero-order valence-electron chi connectivity index (χ0n) is 13.7. The molecule has 4 rings (SSSR count). The van der Waals surface area contributed by atoms with Crippen molar-refractivity contribution in [2.75, 3.05) is 0 Å². The van der Waals surface area contributed by atoms with Crippen LogP contribution in [0.1, 0.15) is 27.6 Å². The first-order chi connectivity index (χ1) is 11.9. The van der Waals surface area contributed by atoms with Gasteiger partial charge in [-0.15, -0.1) is 0 Å². The van der Waals surface area contributed by atoms with E-state index in [0.29, 0.717) is 3.63 Å². The Labute approximate surface area is 152 Å². The summed E-state index contributed by atoms with van der Waals surface area (Å²) in [7, 11) is 0. The summed E-state index contributed by atoms with van der Waals surface area (Å²) >= 11 is -2.03. The normalized spacial score (nSPS) is 15.7. The molecule has 2 aromatic carbocycles. The quantitative estimate of drug-likeness (QED) is 0.582. The van der Waals surface area contributed by atoms with Crippen LogP contribution in [0.5, 0.6) is 0 Å². The molecule has 0 aliphatic heterocycles. The van der Waals surface area contributed by atoms with E-state index in [4.69, 9.17) is 0 Å². The first kappa shape index (κ1) is 15.8. The summed E-state index contributed by atoms with van der Waals surface area (Å²) in [5.74, 6) is 0. The molecule has 1 heteroatoms. The Morgan fingerprint density at radius 2 is 1.08 bits per heavy atom. The molecule has 0 nitrogen and oxygen atoms in total. The van der Waals surface area contributed by atoms with Crippen LogP contribution in [0.2, 0.25) is 0 Å². The molecule has 2 aliphatic rings. The third-order valence-electron chi connectivity index (χ3n) is 4.79. The summed E-state index contributed by atoms with van der Waals surface area (Å²) in [6, 6.07) is 22.3. The van der Waals surface area contributed by atoms with Gasteiger partial charge in [-0.25, -0.2) is 0 Å². The molecule has 24 heavy (non-hydrogen) atoms. The van der Waals surface area contributed by atoms with E-state index in [1.807, 2.05) is 0 Å². The van der Waals surface area contributed by atoms with Gasteiger partial charge in [0.2, 0.25) is 0 Å². The van der Waals surface area contributed by atoms with Gasteiger partial charge in [0.05, 0.1) is 0 Å². The second-order valence-electron chi connectivity index (χ2n) is 6.32. The third-order valence-corrected chi connectivity index (χ3v) is 13.1. The zero-order valence-corrected chi connectivity index (χ0v) is 16.2. The van der Waals surface area contributed by atoms with Gasteiger partial charge in [0, 0.05) is 0 Å². The fraction of sp³-hybridized carbons (Fsp3) is 0.130. The van der Waals surface area contributed by atoms with Crippen molar-refractivity contribution in [3.8, 4) is 0 Å². The van der Waals surface area contributed by atoms with Crippen LogP contribution in [0.15, 0.2) is 104 Å². The molecule has 117 valence electrons. The van der Waals surface area contributed by atoms with Crippen molar-refractivity contribution in [2.45, 2.75) is 16.5 Å². The van der Waals surface area contributed by atoms with Gasteiger partial charge in [0.1, 0.15) is 0 Å². The standard InChI is InChI=1S/C13H11.2C5H5.Zr/c1-3-7-12(8-4-1)11-13-9-5-2-6-10-13;2*1-2-4-5-3-1;/h1-11H;2*1-3H,4H2;. The molecule has 0 saturated heterocycles. The van der Waals surface area contributed by atoms with Crippen LogP contribution < -0.4 is 0 Å². The molecule has 0 aromatic heterocycles. The molecule has 0 heterocycles. The number of allylic oxidation sites excluding steroid dienone is 8. The molecule has 2 aromatic rings. The van der Waals surface area contributed by atoms with E-state index in [9.17, 15) is 0 Å². The molecule has 0 bridgehead atoms. The van der Waals surface area contributed by atoms with Gasteiger partial charge in [0.25, 0.3) is 0 Å². The van der Waals surface area contributed by atoms with E-state index in [1.165, 1.54) is 11.1 Å². The molecule has 0 N–H and O–H groups in total. The summed E-state index contributed by atoms with van der Waals surface area (Å²) in [6.07, 6.45) is 16.3. The molecule has 0 spiro atoms. The number of benzene rings is 2. The summed E-state index contributed by atoms with van der Waals surface area (Å²) in [4.78, 5) is 0. The van der Waals surface area contributed by atoms with Crippen molar-refractivity contribution < 1.29 is 21.8 Å². The predicted octanol–water partition coefficient (Wildman–Crippen LogP) is 6.08. The Morgan fingerprint density at radius 3 is 1.46 bits per heavy atom. The number of hydrogen-bond donors (Lipinski definition) is 0. The van der Waals surface area contributed by atoms with Gasteiger partial charge >= 0.3 is 153 Å². The predicted molar refractivity (Wildman–Crippen MR) is 98.4 cm³/mol. The van der Waals surface area contributed by atoms with E-state index >= 15 is 0 Å². The van der Waals surface area contributed by atoms with Gasteiger partial charge in [-0.2, -0.15) is 0 Å². The van der Waals surface area contributed by atoms with Crippen molar-refractivity contribution in [2.24, 2.45) is 0 Å². The van der Waals surface area contributed by atoms with Crippen LogP contribution in [-0.4, -0.2) is 0 Å². The molecule has 0 atom stereocenters. The second-order valence-corrected chi connectivity index (χ2v) is 12.9. The topological polar surface area (TPSA) is 0 Å². The molecule has 0 unspecified atom stereocenters. The van der Waals surface area contributed by atoms with Crippen LogP contribution >= 0.6 is 0 Å². The first-order valence-corrected chi connectivity index (χ1v) is 12.5. The SMILES string of the molecule is C1=CC[C]([Zr]([C]2=CC=CC2)[CH](c2ccccc2)c2ccccc2)=C1. The van der Waals surface area contributed by atoms with Crippen molar-refractivity contribution in [1.82, 2.24) is 0 Å². The van der Waals surface area contributed by atoms with E-state index in [1.54, 1.807) is 6.56 Å². The van der Waals surface area contributed by atoms with Gasteiger partial charge in [-0.05, 0) is 0 Å². The fourth-order valence-corrected chi connectivity index (χ4v) is 12.1. The molecule has 0 radical (unpaired) electrons. The Bertz CT molecular complexity index is 740. The summed E-state index contributed by atoms with van der Waals surface area (Å²) < 4.78 is 4.02. The monoisotopic (exact) mass is 387 g/mol. The molecule has 0 amide bonds. The minimum absolute atomic E-state index is 0.562. The van der Waals surface area contributed by atoms with Crippen LogP contribution in [0.25, 0.3) is 0 Å². The van der Waals surface area contributed by atoms with Crippen LogP contribution in [0.3, 0.4) is 0 Å². The Balaban J connectivity index is 1.83. The number of rotatable bonds is 5. The van der Waals surface area contributed by atoms with E-state index in [2.05, 4.69) is 97.1 Å². The fourth-order valence-electron chi connectivity index (χ4n) is 3.69. The Morgan fingerprint density at radius 1 is 0.625 bits per heavy atom. The Hall–Kier alpha value is -1.72. The van der Waals surface area contributed by atoms with Gasteiger partial charge in [0.15, 0.2) is 0 Å². The zero-order chi connectivity index (χ0) is 16.2. The second kappa shape index (κ2) is 7.45. The number of hydrogen-bond acceptors (Lipinski definition) is 0. The van der Waals surface area contributed by atoms with Crippen molar-refractivity contribution in [3.05, 3.63) is 115 Å². The minimum atomic E-state index is -2.03. The average molecular weight is 389 g/mol. The first-order valence-electron chi connectivity index (χ1n) is 8.62. The molecular weight excluding hydrogens is 367 g/mol. The summed E-state index contributed by atoms with van der Waals surface area (Å²) in [5, 5.41) is 0. The average Bonchev–Trinajstić information content (AvgIpc) is 3.35. The van der Waals surface area contributed by atoms with Gasteiger partial charge < -0.3 is 0 Å². The van der Waals surface area contributed by atoms with Crippen molar-refractivity contribution in [3.63, 3.8) is 0 Å².